The molecule has 1 aliphatic rings. The van der Waals surface area contributed by atoms with Crippen molar-refractivity contribution in [3.8, 4) is 5.69 Å². The van der Waals surface area contributed by atoms with Crippen LogP contribution in [-0.2, 0) is 0 Å². The number of nitrogens with two attached hydrogens (primary N) is 1. The van der Waals surface area contributed by atoms with Gasteiger partial charge < -0.3 is 11.1 Å². The Kier molecular flexibility index (Phi) is 5.66. The molecule has 0 saturated carbocycles. The molecule has 4 aromatic rings. The summed E-state index contributed by atoms with van der Waals surface area (Å²) in [6, 6.07) is 15.4. The number of hydrogen-bond donors (Lipinski definition) is 2. The molecule has 32 heavy (non-hydrogen) atoms. The number of nitrogen functional groups attached to an aromatic ring is 1. The molecule has 0 atom stereocenters. The summed E-state index contributed by atoms with van der Waals surface area (Å²) < 4.78 is 2.77. The number of aromatic nitrogens is 3. The average Bonchev–Trinajstić information content (AvgIpc) is 3.09. The third-order valence-corrected chi connectivity index (χ3v) is 6.46. The molecule has 6 nitrogen and oxygen atoms in total. The lowest BCUT2D eigenvalue weighted by molar-refractivity contribution is 0.0956. The highest BCUT2D eigenvalue weighted by molar-refractivity contribution is 9.10. The van der Waals surface area contributed by atoms with Crippen molar-refractivity contribution < 1.29 is 4.79 Å². The molecule has 0 fully saturated rings. The molecular formula is C25H24BrN5O. The number of carbonyl (C=O) groups is 1. The second-order valence-corrected chi connectivity index (χ2v) is 8.99. The molecule has 162 valence electrons. The van der Waals surface area contributed by atoms with E-state index in [0.29, 0.717) is 29.1 Å². The summed E-state index contributed by atoms with van der Waals surface area (Å²) in [6.07, 6.45) is 7.93. The van der Waals surface area contributed by atoms with Crippen LogP contribution in [0.25, 0.3) is 27.9 Å². The van der Waals surface area contributed by atoms with Crippen molar-refractivity contribution >= 4 is 49.9 Å². The van der Waals surface area contributed by atoms with Gasteiger partial charge in [-0.25, -0.2) is 9.97 Å². The van der Waals surface area contributed by atoms with E-state index in [4.69, 9.17) is 15.7 Å². The molecule has 7 heteroatoms. The van der Waals surface area contributed by atoms with Gasteiger partial charge in [0.2, 0.25) is 0 Å². The van der Waals surface area contributed by atoms with Gasteiger partial charge in [0, 0.05) is 16.7 Å². The molecule has 1 amide bonds. The topological polar surface area (TPSA) is 85.8 Å². The van der Waals surface area contributed by atoms with Crippen molar-refractivity contribution in [1.82, 2.24) is 19.9 Å². The highest BCUT2D eigenvalue weighted by Gasteiger charge is 2.24. The van der Waals surface area contributed by atoms with Crippen LogP contribution in [0.15, 0.2) is 64.7 Å². The van der Waals surface area contributed by atoms with Crippen molar-refractivity contribution in [3.63, 3.8) is 0 Å². The van der Waals surface area contributed by atoms with Crippen molar-refractivity contribution in [1.29, 1.82) is 0 Å². The normalized spacial score (nSPS) is 14.0. The number of benzene rings is 2. The van der Waals surface area contributed by atoms with E-state index in [9.17, 15) is 4.79 Å². The van der Waals surface area contributed by atoms with Gasteiger partial charge in [0.25, 0.3) is 5.91 Å². The number of allylic oxidation sites excluding steroid dienone is 1. The summed E-state index contributed by atoms with van der Waals surface area (Å²) in [5.74, 6) is 0.122. The SMILES string of the molecule is Nc1c(C(=O)NCCC2=CCCCC2)c2nc3ccccc3nc2n1-c1ccc(Br)cc1. The molecule has 1 aliphatic carbocycles. The fraction of sp³-hybridized carbons (Fsp3) is 0.240. The fourth-order valence-electron chi connectivity index (χ4n) is 4.29. The third-order valence-electron chi connectivity index (χ3n) is 5.93. The molecule has 0 bridgehead atoms. The number of para-hydroxylation sites is 2. The van der Waals surface area contributed by atoms with Crippen molar-refractivity contribution in [3.05, 3.63) is 70.2 Å². The van der Waals surface area contributed by atoms with Crippen molar-refractivity contribution in [2.24, 2.45) is 0 Å². The van der Waals surface area contributed by atoms with E-state index in [2.05, 4.69) is 27.3 Å². The molecule has 2 aromatic carbocycles. The van der Waals surface area contributed by atoms with Gasteiger partial charge in [0.1, 0.15) is 16.9 Å². The van der Waals surface area contributed by atoms with Crippen LogP contribution in [-0.4, -0.2) is 27.0 Å². The smallest absolute Gasteiger partial charge is 0.257 e. The fourth-order valence-corrected chi connectivity index (χ4v) is 4.56. The molecule has 2 aromatic heterocycles. The van der Waals surface area contributed by atoms with Crippen LogP contribution in [0, 0.1) is 0 Å². The summed E-state index contributed by atoms with van der Waals surface area (Å²) in [4.78, 5) is 22.8. The van der Waals surface area contributed by atoms with Crippen molar-refractivity contribution in [2.75, 3.05) is 12.3 Å². The minimum atomic E-state index is -0.218. The quantitative estimate of drug-likeness (QED) is 0.360. The maximum atomic E-state index is 13.3. The first-order valence-corrected chi connectivity index (χ1v) is 11.7. The van der Waals surface area contributed by atoms with Gasteiger partial charge >= 0.3 is 0 Å². The number of nitrogens with zero attached hydrogens (tertiary/aromatic N) is 3. The Morgan fingerprint density at radius 2 is 1.81 bits per heavy atom. The number of carbonyl (C=O) groups excluding carboxylic acids is 1. The second kappa shape index (κ2) is 8.74. The Bertz CT molecular complexity index is 1340. The predicted octanol–water partition coefficient (Wildman–Crippen LogP) is 5.54. The van der Waals surface area contributed by atoms with Crippen LogP contribution in [0.5, 0.6) is 0 Å². The first kappa shape index (κ1) is 20.7. The number of halogens is 1. The van der Waals surface area contributed by atoms with E-state index < -0.39 is 0 Å². The van der Waals surface area contributed by atoms with Crippen LogP contribution in [0.3, 0.4) is 0 Å². The molecule has 0 saturated heterocycles. The maximum absolute atomic E-state index is 13.3. The highest BCUT2D eigenvalue weighted by atomic mass is 79.9. The van der Waals surface area contributed by atoms with Gasteiger partial charge in [0.05, 0.1) is 11.0 Å². The molecule has 5 rings (SSSR count). The number of amides is 1. The summed E-state index contributed by atoms with van der Waals surface area (Å²) in [6.45, 7) is 0.579. The van der Waals surface area contributed by atoms with Crippen LogP contribution >= 0.6 is 15.9 Å². The van der Waals surface area contributed by atoms with E-state index in [0.717, 1.165) is 40.5 Å². The zero-order valence-corrected chi connectivity index (χ0v) is 19.2. The average molecular weight is 490 g/mol. The lowest BCUT2D eigenvalue weighted by Crippen LogP contribution is -2.26. The number of nitrogens with one attached hydrogen (secondary N) is 1. The molecule has 0 aliphatic heterocycles. The lowest BCUT2D eigenvalue weighted by Gasteiger charge is -2.13. The van der Waals surface area contributed by atoms with Crippen LogP contribution in [0.2, 0.25) is 0 Å². The molecule has 3 N–H and O–H groups in total. The van der Waals surface area contributed by atoms with Gasteiger partial charge in [-0.2, -0.15) is 0 Å². The van der Waals surface area contributed by atoms with Crippen LogP contribution < -0.4 is 11.1 Å². The first-order chi connectivity index (χ1) is 15.6. The summed E-state index contributed by atoms with van der Waals surface area (Å²) in [5.41, 5.74) is 11.8. The van der Waals surface area contributed by atoms with Gasteiger partial charge in [-0.15, -0.1) is 0 Å². The van der Waals surface area contributed by atoms with E-state index in [-0.39, 0.29) is 5.91 Å². The summed E-state index contributed by atoms with van der Waals surface area (Å²) >= 11 is 3.47. The van der Waals surface area contributed by atoms with E-state index >= 15 is 0 Å². The van der Waals surface area contributed by atoms with Crippen LogP contribution in [0.1, 0.15) is 42.5 Å². The zero-order valence-electron chi connectivity index (χ0n) is 17.6. The Morgan fingerprint density at radius 1 is 1.06 bits per heavy atom. The predicted molar refractivity (Wildman–Crippen MR) is 132 cm³/mol. The Hall–Kier alpha value is -3.19. The van der Waals surface area contributed by atoms with Gasteiger partial charge in [0.15, 0.2) is 5.65 Å². The minimum Gasteiger partial charge on any atom is -0.384 e. The third kappa shape index (κ3) is 3.88. The molecule has 0 unspecified atom stereocenters. The summed E-state index contributed by atoms with van der Waals surface area (Å²) in [5, 5.41) is 3.05. The van der Waals surface area contributed by atoms with E-state index in [1.165, 1.54) is 18.4 Å². The molecule has 0 spiro atoms. The van der Waals surface area contributed by atoms with Gasteiger partial charge in [-0.05, 0) is 68.5 Å². The Balaban J connectivity index is 1.57. The standard InChI is InChI=1S/C25H24BrN5O/c26-17-10-12-18(13-11-17)31-23(27)21(25(32)28-15-14-16-6-2-1-3-7-16)22-24(31)30-20-9-5-4-8-19(20)29-22/h4-6,8-13H,1-3,7,14-15,27H2,(H,28,32). The minimum absolute atomic E-state index is 0.218. The van der Waals surface area contributed by atoms with Gasteiger partial charge in [-0.3, -0.25) is 9.36 Å². The zero-order chi connectivity index (χ0) is 22.1. The van der Waals surface area contributed by atoms with Crippen LogP contribution in [0.4, 0.5) is 5.82 Å². The van der Waals surface area contributed by atoms with E-state index in [1.807, 2.05) is 48.5 Å². The van der Waals surface area contributed by atoms with Crippen molar-refractivity contribution in [2.45, 2.75) is 32.1 Å². The first-order valence-electron chi connectivity index (χ1n) is 10.9. The summed E-state index contributed by atoms with van der Waals surface area (Å²) in [7, 11) is 0. The number of fused-ring (bicyclic) bond motifs is 2. The maximum Gasteiger partial charge on any atom is 0.257 e. The number of rotatable bonds is 5. The number of anilines is 1. The van der Waals surface area contributed by atoms with E-state index in [1.54, 1.807) is 4.57 Å². The number of hydrogen-bond acceptors (Lipinski definition) is 4. The molecule has 0 radical (unpaired) electrons. The highest BCUT2D eigenvalue weighted by Crippen LogP contribution is 2.31. The monoisotopic (exact) mass is 489 g/mol. The molecule has 2 heterocycles. The molecular weight excluding hydrogens is 466 g/mol. The second-order valence-electron chi connectivity index (χ2n) is 8.07. The largest absolute Gasteiger partial charge is 0.384 e. The van der Waals surface area contributed by atoms with Gasteiger partial charge in [-0.1, -0.05) is 39.7 Å². The Morgan fingerprint density at radius 3 is 2.53 bits per heavy atom. The lowest BCUT2D eigenvalue weighted by atomic mass is 9.97. The Labute approximate surface area is 194 Å².